The van der Waals surface area contributed by atoms with Gasteiger partial charge in [0.1, 0.15) is 0 Å². The number of piperidine rings is 1. The highest BCUT2D eigenvalue weighted by atomic mass is 32.2. The maximum absolute atomic E-state index is 12.9. The topological polar surface area (TPSA) is 102 Å². The van der Waals surface area contributed by atoms with Gasteiger partial charge in [-0.3, -0.25) is 4.72 Å². The molecule has 10 heteroatoms. The van der Waals surface area contributed by atoms with Crippen molar-refractivity contribution >= 4 is 25.7 Å². The molecule has 1 N–H and O–H groups in total. The van der Waals surface area contributed by atoms with Crippen molar-refractivity contribution in [2.75, 3.05) is 31.0 Å². The Morgan fingerprint density at radius 1 is 0.938 bits per heavy atom. The highest BCUT2D eigenvalue weighted by Crippen LogP contribution is 2.31. The third-order valence-electron chi connectivity index (χ3n) is 5.19. The molecule has 0 bridgehead atoms. The molecule has 3 rings (SSSR count). The van der Waals surface area contributed by atoms with Gasteiger partial charge in [0.15, 0.2) is 11.5 Å². The maximum atomic E-state index is 12.9. The molecule has 0 radical (unpaired) electrons. The molecule has 1 atom stereocenters. The van der Waals surface area contributed by atoms with Gasteiger partial charge in [0.25, 0.3) is 10.0 Å². The monoisotopic (exact) mass is 482 g/mol. The zero-order valence-electron chi connectivity index (χ0n) is 18.6. The van der Waals surface area contributed by atoms with Crippen LogP contribution in [0.15, 0.2) is 52.3 Å². The molecule has 1 saturated heterocycles. The summed E-state index contributed by atoms with van der Waals surface area (Å²) in [5.74, 6) is 1.13. The van der Waals surface area contributed by atoms with Gasteiger partial charge < -0.3 is 9.47 Å². The second kappa shape index (κ2) is 10.1. The predicted molar refractivity (Wildman–Crippen MR) is 123 cm³/mol. The molecule has 1 aliphatic heterocycles. The predicted octanol–water partition coefficient (Wildman–Crippen LogP) is 3.71. The Balaban J connectivity index is 1.79. The number of hydrogen-bond donors (Lipinski definition) is 1. The molecule has 0 amide bonds. The summed E-state index contributed by atoms with van der Waals surface area (Å²) in [7, 11) is -7.51. The fourth-order valence-electron chi connectivity index (χ4n) is 3.62. The van der Waals surface area contributed by atoms with E-state index < -0.39 is 20.0 Å². The van der Waals surface area contributed by atoms with Crippen molar-refractivity contribution in [3.05, 3.63) is 42.5 Å². The molecular weight excluding hydrogens is 452 g/mol. The van der Waals surface area contributed by atoms with Gasteiger partial charge in [0.2, 0.25) is 10.0 Å². The number of nitrogens with one attached hydrogen (secondary N) is 1. The Morgan fingerprint density at radius 3 is 2.19 bits per heavy atom. The maximum Gasteiger partial charge on any atom is 0.262 e. The average Bonchev–Trinajstić information content (AvgIpc) is 2.75. The van der Waals surface area contributed by atoms with Crippen LogP contribution >= 0.6 is 0 Å². The van der Waals surface area contributed by atoms with Gasteiger partial charge in [-0.15, -0.1) is 0 Å². The first-order valence-corrected chi connectivity index (χ1v) is 13.6. The number of benzene rings is 2. The number of rotatable bonds is 9. The molecule has 32 heavy (non-hydrogen) atoms. The zero-order chi connectivity index (χ0) is 23.4. The van der Waals surface area contributed by atoms with Gasteiger partial charge in [0.05, 0.1) is 23.0 Å². The number of sulfonamides is 2. The minimum atomic E-state index is -3.91. The Kier molecular flexibility index (Phi) is 7.68. The van der Waals surface area contributed by atoms with Crippen LogP contribution in [0.1, 0.15) is 33.6 Å². The van der Waals surface area contributed by atoms with Gasteiger partial charge in [-0.2, -0.15) is 4.31 Å². The Morgan fingerprint density at radius 2 is 1.56 bits per heavy atom. The molecule has 0 aromatic heterocycles. The van der Waals surface area contributed by atoms with Gasteiger partial charge in [-0.25, -0.2) is 16.8 Å². The van der Waals surface area contributed by atoms with Crippen molar-refractivity contribution in [1.29, 1.82) is 0 Å². The van der Waals surface area contributed by atoms with Crippen LogP contribution in [-0.2, 0) is 20.0 Å². The molecule has 1 fully saturated rings. The van der Waals surface area contributed by atoms with E-state index in [1.165, 1.54) is 40.7 Å². The van der Waals surface area contributed by atoms with Gasteiger partial charge >= 0.3 is 0 Å². The van der Waals surface area contributed by atoms with E-state index in [0.717, 1.165) is 12.8 Å². The van der Waals surface area contributed by atoms with E-state index >= 15 is 0 Å². The standard InChI is InChI=1S/C22H30N2O6S2/c1-4-29-21-13-12-20(15-22(21)30-5-2)31(25,26)23-18-8-10-19(11-9-18)32(27,28)24-14-6-7-17(3)16-24/h8-13,15,17,23H,4-7,14,16H2,1-3H3. The largest absolute Gasteiger partial charge is 0.490 e. The van der Waals surface area contributed by atoms with Gasteiger partial charge in [-0.05, 0) is 69.0 Å². The Labute approximate surface area is 190 Å². The summed E-state index contributed by atoms with van der Waals surface area (Å²) in [6, 6.07) is 10.2. The number of nitrogens with zero attached hydrogens (tertiary/aromatic N) is 1. The number of ether oxygens (including phenoxy) is 2. The zero-order valence-corrected chi connectivity index (χ0v) is 20.2. The fourth-order valence-corrected chi connectivity index (χ4v) is 6.29. The molecule has 0 aliphatic carbocycles. The van der Waals surface area contributed by atoms with Crippen LogP contribution in [0, 0.1) is 5.92 Å². The van der Waals surface area contributed by atoms with E-state index in [1.807, 2.05) is 13.8 Å². The minimum absolute atomic E-state index is 0.0170. The van der Waals surface area contributed by atoms with E-state index in [9.17, 15) is 16.8 Å². The van der Waals surface area contributed by atoms with Crippen molar-refractivity contribution < 1.29 is 26.3 Å². The van der Waals surface area contributed by atoms with Crippen molar-refractivity contribution in [2.24, 2.45) is 5.92 Å². The third-order valence-corrected chi connectivity index (χ3v) is 8.45. The molecule has 8 nitrogen and oxygen atoms in total. The summed E-state index contributed by atoms with van der Waals surface area (Å²) in [5.41, 5.74) is 0.266. The Bertz CT molecular complexity index is 1130. The smallest absolute Gasteiger partial charge is 0.262 e. The van der Waals surface area contributed by atoms with Crippen LogP contribution in [0.5, 0.6) is 11.5 Å². The van der Waals surface area contributed by atoms with E-state index in [0.29, 0.717) is 43.7 Å². The fraction of sp³-hybridized carbons (Fsp3) is 0.455. The van der Waals surface area contributed by atoms with Gasteiger partial charge in [-0.1, -0.05) is 6.92 Å². The molecule has 0 saturated carbocycles. The second-order valence-electron chi connectivity index (χ2n) is 7.71. The quantitative estimate of drug-likeness (QED) is 0.585. The first-order chi connectivity index (χ1) is 15.2. The average molecular weight is 483 g/mol. The molecule has 1 unspecified atom stereocenters. The normalized spacial score (nSPS) is 17.7. The molecular formula is C22H30N2O6S2. The molecule has 1 heterocycles. The summed E-state index contributed by atoms with van der Waals surface area (Å²) in [6.07, 6.45) is 1.85. The summed E-state index contributed by atoms with van der Waals surface area (Å²) < 4.78 is 66.5. The van der Waals surface area contributed by atoms with Crippen LogP contribution in [-0.4, -0.2) is 47.4 Å². The van der Waals surface area contributed by atoms with Crippen molar-refractivity contribution in [1.82, 2.24) is 4.31 Å². The first-order valence-electron chi connectivity index (χ1n) is 10.7. The van der Waals surface area contributed by atoms with Crippen molar-refractivity contribution in [3.8, 4) is 11.5 Å². The molecule has 2 aromatic rings. The highest BCUT2D eigenvalue weighted by molar-refractivity contribution is 7.92. The summed E-state index contributed by atoms with van der Waals surface area (Å²) in [5, 5.41) is 0. The first kappa shape index (κ1) is 24.3. The molecule has 2 aromatic carbocycles. The highest BCUT2D eigenvalue weighted by Gasteiger charge is 2.28. The minimum Gasteiger partial charge on any atom is -0.490 e. The van der Waals surface area contributed by atoms with E-state index in [4.69, 9.17) is 9.47 Å². The third kappa shape index (κ3) is 5.54. The molecule has 1 aliphatic rings. The summed E-state index contributed by atoms with van der Waals surface area (Å²) >= 11 is 0. The molecule has 176 valence electrons. The number of hydrogen-bond acceptors (Lipinski definition) is 6. The molecule has 0 spiro atoms. The van der Waals surface area contributed by atoms with E-state index in [-0.39, 0.29) is 15.5 Å². The van der Waals surface area contributed by atoms with Crippen LogP contribution in [0.4, 0.5) is 5.69 Å². The van der Waals surface area contributed by atoms with Crippen molar-refractivity contribution in [2.45, 2.75) is 43.4 Å². The lowest BCUT2D eigenvalue weighted by molar-refractivity contribution is 0.281. The lowest BCUT2D eigenvalue weighted by Crippen LogP contribution is -2.39. The lowest BCUT2D eigenvalue weighted by Gasteiger charge is -2.30. The van der Waals surface area contributed by atoms with Crippen LogP contribution in [0.3, 0.4) is 0 Å². The summed E-state index contributed by atoms with van der Waals surface area (Å²) in [6.45, 7) is 7.46. The van der Waals surface area contributed by atoms with Crippen LogP contribution in [0.25, 0.3) is 0 Å². The van der Waals surface area contributed by atoms with Crippen LogP contribution < -0.4 is 14.2 Å². The van der Waals surface area contributed by atoms with Gasteiger partial charge in [0, 0.05) is 24.8 Å². The van der Waals surface area contributed by atoms with E-state index in [2.05, 4.69) is 4.72 Å². The summed E-state index contributed by atoms with van der Waals surface area (Å²) in [4.78, 5) is 0.164. The van der Waals surface area contributed by atoms with E-state index in [1.54, 1.807) is 13.0 Å². The van der Waals surface area contributed by atoms with Crippen LogP contribution in [0.2, 0.25) is 0 Å². The second-order valence-corrected chi connectivity index (χ2v) is 11.3. The number of anilines is 1. The van der Waals surface area contributed by atoms with Crippen molar-refractivity contribution in [3.63, 3.8) is 0 Å². The SMILES string of the molecule is CCOc1ccc(S(=O)(=O)Nc2ccc(S(=O)(=O)N3CCCC(C)C3)cc2)cc1OCC. The Hall–Kier alpha value is -2.30. The lowest BCUT2D eigenvalue weighted by atomic mass is 10.0.